The van der Waals surface area contributed by atoms with Gasteiger partial charge in [0.25, 0.3) is 0 Å². The molecule has 4 nitrogen and oxygen atoms in total. The zero-order valence-electron chi connectivity index (χ0n) is 24.2. The van der Waals surface area contributed by atoms with Crippen LogP contribution in [0.15, 0.2) is 150 Å². The van der Waals surface area contributed by atoms with Crippen molar-refractivity contribution < 1.29 is 4.42 Å². The van der Waals surface area contributed by atoms with Crippen molar-refractivity contribution in [2.24, 2.45) is 0 Å². The van der Waals surface area contributed by atoms with E-state index in [9.17, 15) is 0 Å². The standard InChI is InChI=1S/C41H25N3O/c1-2-13-25(14-3-1)38-42-39(31-20-12-19-27-26-15-7-11-24-35(26)45-37(27)31)44-40(43-38)41-32-21-8-4-16-28(32)36(29-17-5-9-22-33(29)41)30-18-6-10-23-34(30)41/h1-24,36H. The number of aromatic nitrogens is 3. The van der Waals surface area contributed by atoms with Gasteiger partial charge in [0.2, 0.25) is 0 Å². The van der Waals surface area contributed by atoms with Crippen LogP contribution in [0.4, 0.5) is 0 Å². The Morgan fingerprint density at radius 3 is 1.71 bits per heavy atom. The van der Waals surface area contributed by atoms with Gasteiger partial charge in [-0.05, 0) is 45.5 Å². The molecule has 210 valence electrons. The molecule has 0 amide bonds. The molecule has 3 aliphatic carbocycles. The summed E-state index contributed by atoms with van der Waals surface area (Å²) in [5.74, 6) is 2.11. The quantitative estimate of drug-likeness (QED) is 0.211. The molecule has 0 atom stereocenters. The summed E-state index contributed by atoms with van der Waals surface area (Å²) in [6.45, 7) is 0. The highest BCUT2D eigenvalue weighted by molar-refractivity contribution is 6.09. The van der Waals surface area contributed by atoms with Gasteiger partial charge in [-0.15, -0.1) is 0 Å². The second-order valence-corrected chi connectivity index (χ2v) is 11.9. The van der Waals surface area contributed by atoms with Crippen molar-refractivity contribution in [1.29, 1.82) is 0 Å². The molecule has 2 aromatic heterocycles. The van der Waals surface area contributed by atoms with Crippen LogP contribution in [0, 0.1) is 0 Å². The Kier molecular flexibility index (Phi) is 4.95. The van der Waals surface area contributed by atoms with E-state index in [1.807, 2.05) is 36.4 Å². The van der Waals surface area contributed by atoms with E-state index >= 15 is 0 Å². The van der Waals surface area contributed by atoms with Crippen molar-refractivity contribution in [3.8, 4) is 22.8 Å². The van der Waals surface area contributed by atoms with Crippen LogP contribution in [0.5, 0.6) is 0 Å². The summed E-state index contributed by atoms with van der Waals surface area (Å²) in [6.07, 6.45) is 0. The summed E-state index contributed by atoms with van der Waals surface area (Å²) in [5.41, 5.74) is 10.3. The second-order valence-electron chi connectivity index (χ2n) is 11.9. The van der Waals surface area contributed by atoms with Crippen LogP contribution in [0.1, 0.15) is 45.1 Å². The Labute approximate surface area is 259 Å². The average Bonchev–Trinajstić information content (AvgIpc) is 3.50. The van der Waals surface area contributed by atoms with Crippen LogP contribution >= 0.6 is 0 Å². The number of para-hydroxylation sites is 2. The maximum Gasteiger partial charge on any atom is 0.167 e. The normalized spacial score (nSPS) is 17.6. The smallest absolute Gasteiger partial charge is 0.167 e. The monoisotopic (exact) mass is 575 g/mol. The molecule has 8 aromatic rings. The van der Waals surface area contributed by atoms with Crippen molar-refractivity contribution in [2.75, 3.05) is 0 Å². The SMILES string of the molecule is c1ccc(-c2nc(-c3cccc4c3oc3ccccc34)nc(C34c5ccccc5C(c5ccccc53)c3ccccc34)n2)cc1. The molecule has 0 unspecified atom stereocenters. The first kappa shape index (κ1) is 24.6. The third-order valence-corrected chi connectivity index (χ3v) is 9.68. The molecular weight excluding hydrogens is 550 g/mol. The van der Waals surface area contributed by atoms with Gasteiger partial charge in [0.15, 0.2) is 17.5 Å². The lowest BCUT2D eigenvalue weighted by molar-refractivity contribution is 0.591. The maximum atomic E-state index is 6.50. The molecule has 0 saturated heterocycles. The number of furan rings is 1. The van der Waals surface area contributed by atoms with Gasteiger partial charge in [0, 0.05) is 22.3 Å². The zero-order chi connectivity index (χ0) is 29.5. The molecule has 2 heterocycles. The van der Waals surface area contributed by atoms with E-state index in [0.717, 1.165) is 33.1 Å². The molecule has 3 aliphatic rings. The minimum atomic E-state index is -0.721. The van der Waals surface area contributed by atoms with Gasteiger partial charge < -0.3 is 4.42 Å². The number of benzene rings is 6. The molecule has 2 bridgehead atoms. The summed E-state index contributed by atoms with van der Waals surface area (Å²) < 4.78 is 6.50. The van der Waals surface area contributed by atoms with Crippen molar-refractivity contribution in [3.05, 3.63) is 185 Å². The van der Waals surface area contributed by atoms with Gasteiger partial charge in [0.1, 0.15) is 16.6 Å². The van der Waals surface area contributed by atoms with E-state index in [1.54, 1.807) is 0 Å². The Balaban J connectivity index is 1.35. The fraction of sp³-hybridized carbons (Fsp3) is 0.0488. The third kappa shape index (κ3) is 3.23. The Morgan fingerprint density at radius 2 is 1.02 bits per heavy atom. The van der Waals surface area contributed by atoms with E-state index in [4.69, 9.17) is 19.4 Å². The molecule has 6 aromatic carbocycles. The number of fused-ring (bicyclic) bond motifs is 3. The predicted octanol–water partition coefficient (Wildman–Crippen LogP) is 9.29. The van der Waals surface area contributed by atoms with Crippen LogP contribution in [-0.2, 0) is 5.41 Å². The molecular formula is C41H25N3O. The lowest BCUT2D eigenvalue weighted by Crippen LogP contribution is -2.44. The van der Waals surface area contributed by atoms with E-state index in [0.29, 0.717) is 17.5 Å². The summed E-state index contributed by atoms with van der Waals surface area (Å²) in [7, 11) is 0. The van der Waals surface area contributed by atoms with Crippen LogP contribution in [0.25, 0.3) is 44.7 Å². The molecule has 0 spiro atoms. The van der Waals surface area contributed by atoms with E-state index in [-0.39, 0.29) is 5.92 Å². The van der Waals surface area contributed by atoms with Crippen LogP contribution in [0.2, 0.25) is 0 Å². The van der Waals surface area contributed by atoms with Crippen molar-refractivity contribution in [3.63, 3.8) is 0 Å². The van der Waals surface area contributed by atoms with Gasteiger partial charge in [-0.25, -0.2) is 15.0 Å². The fourth-order valence-electron chi connectivity index (χ4n) is 7.87. The van der Waals surface area contributed by atoms with Gasteiger partial charge >= 0.3 is 0 Å². The highest BCUT2D eigenvalue weighted by Gasteiger charge is 2.54. The maximum absolute atomic E-state index is 6.50. The van der Waals surface area contributed by atoms with Crippen LogP contribution in [-0.4, -0.2) is 15.0 Å². The van der Waals surface area contributed by atoms with E-state index < -0.39 is 5.41 Å². The Hall–Kier alpha value is -5.87. The van der Waals surface area contributed by atoms with Crippen molar-refractivity contribution >= 4 is 21.9 Å². The van der Waals surface area contributed by atoms with Crippen molar-refractivity contribution in [2.45, 2.75) is 11.3 Å². The molecule has 4 heteroatoms. The Bertz CT molecular complexity index is 2340. The van der Waals surface area contributed by atoms with Gasteiger partial charge in [-0.2, -0.15) is 0 Å². The first-order chi connectivity index (χ1) is 22.3. The lowest BCUT2D eigenvalue weighted by Gasteiger charge is -2.49. The zero-order valence-corrected chi connectivity index (χ0v) is 24.2. The highest BCUT2D eigenvalue weighted by Crippen LogP contribution is 2.61. The van der Waals surface area contributed by atoms with E-state index in [1.165, 1.54) is 33.4 Å². The summed E-state index contributed by atoms with van der Waals surface area (Å²) in [6, 6.07) is 51.1. The van der Waals surface area contributed by atoms with Gasteiger partial charge in [-0.3, -0.25) is 0 Å². The molecule has 0 N–H and O–H groups in total. The summed E-state index contributed by atoms with van der Waals surface area (Å²) in [4.78, 5) is 16.0. The molecule has 0 radical (unpaired) electrons. The van der Waals surface area contributed by atoms with Crippen LogP contribution < -0.4 is 0 Å². The lowest BCUT2D eigenvalue weighted by atomic mass is 9.52. The minimum Gasteiger partial charge on any atom is -0.455 e. The first-order valence-corrected chi connectivity index (χ1v) is 15.3. The number of rotatable bonds is 3. The topological polar surface area (TPSA) is 51.8 Å². The predicted molar refractivity (Wildman–Crippen MR) is 177 cm³/mol. The fourth-order valence-corrected chi connectivity index (χ4v) is 7.87. The molecule has 11 rings (SSSR count). The summed E-state index contributed by atoms with van der Waals surface area (Å²) >= 11 is 0. The van der Waals surface area contributed by atoms with Gasteiger partial charge in [-0.1, -0.05) is 133 Å². The second kappa shape index (κ2) is 9.07. The molecule has 0 aliphatic heterocycles. The molecule has 45 heavy (non-hydrogen) atoms. The first-order valence-electron chi connectivity index (χ1n) is 15.3. The average molecular weight is 576 g/mol. The Morgan fingerprint density at radius 1 is 0.467 bits per heavy atom. The van der Waals surface area contributed by atoms with Crippen LogP contribution in [0.3, 0.4) is 0 Å². The highest BCUT2D eigenvalue weighted by atomic mass is 16.3. The summed E-state index contributed by atoms with van der Waals surface area (Å²) in [5, 5.41) is 2.12. The number of nitrogens with zero attached hydrogens (tertiary/aromatic N) is 3. The van der Waals surface area contributed by atoms with Gasteiger partial charge in [0.05, 0.1) is 5.56 Å². The minimum absolute atomic E-state index is 0.162. The van der Waals surface area contributed by atoms with Crippen molar-refractivity contribution in [1.82, 2.24) is 15.0 Å². The third-order valence-electron chi connectivity index (χ3n) is 9.68. The largest absolute Gasteiger partial charge is 0.455 e. The molecule has 0 saturated carbocycles. The van der Waals surface area contributed by atoms with E-state index in [2.05, 4.69) is 109 Å². The number of hydrogen-bond acceptors (Lipinski definition) is 4. The number of hydrogen-bond donors (Lipinski definition) is 0. The molecule has 0 fully saturated rings.